The lowest BCUT2D eigenvalue weighted by atomic mass is 10.2. The Bertz CT molecular complexity index is 993. The highest BCUT2D eigenvalue weighted by atomic mass is 32.2. The van der Waals surface area contributed by atoms with Crippen LogP contribution in [0.4, 0.5) is 14.5 Å². The van der Waals surface area contributed by atoms with E-state index in [1.165, 1.54) is 42.5 Å². The molecule has 6 nitrogen and oxygen atoms in total. The van der Waals surface area contributed by atoms with Gasteiger partial charge in [0.15, 0.2) is 0 Å². The summed E-state index contributed by atoms with van der Waals surface area (Å²) in [6.07, 6.45) is 1.39. The predicted molar refractivity (Wildman–Crippen MR) is 105 cm³/mol. The summed E-state index contributed by atoms with van der Waals surface area (Å²) in [5, 5.41) is 2.61. The number of halogens is 2. The number of carbonyl (C=O) groups excluding carboxylic acids is 1. The molecule has 0 aliphatic carbocycles. The molecule has 0 fully saturated rings. The van der Waals surface area contributed by atoms with Crippen molar-refractivity contribution >= 4 is 39.2 Å². The summed E-state index contributed by atoms with van der Waals surface area (Å²) in [5.41, 5.74) is 0.567. The summed E-state index contributed by atoms with van der Waals surface area (Å²) in [4.78, 5) is 16.8. The largest absolute Gasteiger partial charge is 0.322 e. The fourth-order valence-corrected chi connectivity index (χ4v) is 4.20. The molecule has 1 heterocycles. The number of thioether (sulfide) groups is 1. The Morgan fingerprint density at radius 3 is 2.54 bits per heavy atom. The first-order chi connectivity index (χ1) is 13.3. The Kier molecular flexibility index (Phi) is 6.30. The van der Waals surface area contributed by atoms with E-state index in [0.717, 1.165) is 6.42 Å². The van der Waals surface area contributed by atoms with Gasteiger partial charge in [-0.25, -0.2) is 8.42 Å². The number of hydrogen-bond donors (Lipinski definition) is 2. The van der Waals surface area contributed by atoms with Gasteiger partial charge in [0, 0.05) is 29.1 Å². The molecule has 1 aliphatic rings. The molecule has 2 N–H and O–H groups in total. The number of amidine groups is 1. The normalized spacial score (nSPS) is 14.0. The van der Waals surface area contributed by atoms with Crippen LogP contribution in [-0.2, 0) is 10.0 Å². The molecule has 0 unspecified atom stereocenters. The Balaban J connectivity index is 1.70. The van der Waals surface area contributed by atoms with E-state index in [-0.39, 0.29) is 10.5 Å². The number of benzene rings is 2. The van der Waals surface area contributed by atoms with Crippen LogP contribution in [0.5, 0.6) is 0 Å². The van der Waals surface area contributed by atoms with Crippen LogP contribution < -0.4 is 10.0 Å². The van der Waals surface area contributed by atoms with Crippen LogP contribution in [0.2, 0.25) is 0 Å². The Morgan fingerprint density at radius 1 is 1.14 bits per heavy atom. The molecule has 0 aromatic heterocycles. The number of nitrogens with one attached hydrogen (secondary N) is 2. The van der Waals surface area contributed by atoms with Crippen molar-refractivity contribution in [1.29, 1.82) is 0 Å². The van der Waals surface area contributed by atoms with Crippen LogP contribution in [0.15, 0.2) is 63.3 Å². The molecule has 0 bridgehead atoms. The van der Waals surface area contributed by atoms with Crippen LogP contribution in [0.1, 0.15) is 23.2 Å². The van der Waals surface area contributed by atoms with E-state index < -0.39 is 21.7 Å². The number of rotatable bonds is 6. The predicted octanol–water partition coefficient (Wildman–Crippen LogP) is 3.72. The summed E-state index contributed by atoms with van der Waals surface area (Å²) in [7, 11) is -3.79. The van der Waals surface area contributed by atoms with Crippen LogP contribution >= 0.6 is 11.8 Å². The number of alkyl halides is 2. The zero-order valence-corrected chi connectivity index (χ0v) is 16.2. The first-order valence-corrected chi connectivity index (χ1v) is 10.7. The van der Waals surface area contributed by atoms with Crippen molar-refractivity contribution in [3.05, 3.63) is 54.1 Å². The van der Waals surface area contributed by atoms with E-state index in [4.69, 9.17) is 0 Å². The highest BCUT2D eigenvalue weighted by Crippen LogP contribution is 2.25. The minimum atomic E-state index is -3.79. The molecule has 0 spiro atoms. The molecule has 148 valence electrons. The summed E-state index contributed by atoms with van der Waals surface area (Å²) in [5.74, 6) is -2.58. The van der Waals surface area contributed by atoms with E-state index in [1.54, 1.807) is 6.07 Å². The van der Waals surface area contributed by atoms with Gasteiger partial charge in [-0.1, -0.05) is 17.8 Å². The van der Waals surface area contributed by atoms with Gasteiger partial charge in [-0.3, -0.25) is 14.5 Å². The van der Waals surface area contributed by atoms with Crippen molar-refractivity contribution in [2.75, 3.05) is 11.9 Å². The summed E-state index contributed by atoms with van der Waals surface area (Å²) in [6.45, 7) is 0.600. The summed E-state index contributed by atoms with van der Waals surface area (Å²) < 4.78 is 52.1. The van der Waals surface area contributed by atoms with Crippen molar-refractivity contribution in [2.45, 2.75) is 28.4 Å². The standard InChI is InChI=1S/C18H17F2N3O3S2/c19-18(20)27-14-8-6-12(7-9-14)17(24)22-13-3-1-4-15(11-13)28(25,26)23-16-5-2-10-21-16/h1,3-4,6-9,11,18H,2,5,10H2,(H,21,23)(H,22,24). The SMILES string of the molecule is O=C(Nc1cccc(S(=O)(=O)NC2=NCCC2)c1)c1ccc(SC(F)F)cc1. The van der Waals surface area contributed by atoms with Crippen LogP contribution in [0.25, 0.3) is 0 Å². The number of carbonyl (C=O) groups is 1. The van der Waals surface area contributed by atoms with Gasteiger partial charge in [0.05, 0.1) is 4.90 Å². The molecule has 1 amide bonds. The van der Waals surface area contributed by atoms with E-state index in [0.29, 0.717) is 41.1 Å². The molecule has 28 heavy (non-hydrogen) atoms. The third-order valence-corrected chi connectivity index (χ3v) is 5.97. The van der Waals surface area contributed by atoms with E-state index in [1.807, 2.05) is 0 Å². The molecule has 2 aromatic rings. The number of aliphatic imine (C=N–C) groups is 1. The van der Waals surface area contributed by atoms with Crippen molar-refractivity contribution in [3.8, 4) is 0 Å². The van der Waals surface area contributed by atoms with Gasteiger partial charge in [0.2, 0.25) is 0 Å². The second-order valence-corrected chi connectivity index (χ2v) is 8.67. The van der Waals surface area contributed by atoms with Gasteiger partial charge in [-0.15, -0.1) is 0 Å². The second kappa shape index (κ2) is 8.70. The molecule has 10 heteroatoms. The molecule has 0 saturated carbocycles. The van der Waals surface area contributed by atoms with Gasteiger partial charge in [-0.2, -0.15) is 8.78 Å². The fourth-order valence-electron chi connectivity index (χ4n) is 2.57. The van der Waals surface area contributed by atoms with Gasteiger partial charge in [-0.05, 0) is 48.9 Å². The zero-order chi connectivity index (χ0) is 20.1. The third-order valence-electron chi connectivity index (χ3n) is 3.87. The molecular formula is C18H17F2N3O3S2. The van der Waals surface area contributed by atoms with Crippen molar-refractivity contribution in [3.63, 3.8) is 0 Å². The Hall–Kier alpha value is -2.46. The average molecular weight is 425 g/mol. The molecule has 3 rings (SSSR count). The molecular weight excluding hydrogens is 408 g/mol. The van der Waals surface area contributed by atoms with E-state index in [2.05, 4.69) is 15.0 Å². The quantitative estimate of drug-likeness (QED) is 0.691. The zero-order valence-electron chi connectivity index (χ0n) is 14.6. The molecule has 0 radical (unpaired) electrons. The summed E-state index contributed by atoms with van der Waals surface area (Å²) in [6, 6.07) is 11.6. The molecule has 0 saturated heterocycles. The molecule has 2 aromatic carbocycles. The van der Waals surface area contributed by atoms with Crippen LogP contribution in [0.3, 0.4) is 0 Å². The fraction of sp³-hybridized carbons (Fsp3) is 0.222. The van der Waals surface area contributed by atoms with Gasteiger partial charge < -0.3 is 5.32 Å². The highest BCUT2D eigenvalue weighted by molar-refractivity contribution is 7.99. The monoisotopic (exact) mass is 425 g/mol. The lowest BCUT2D eigenvalue weighted by Gasteiger charge is -2.10. The number of anilines is 1. The van der Waals surface area contributed by atoms with E-state index in [9.17, 15) is 22.0 Å². The Morgan fingerprint density at radius 2 is 1.89 bits per heavy atom. The first-order valence-electron chi connectivity index (χ1n) is 8.36. The number of nitrogens with zero attached hydrogens (tertiary/aromatic N) is 1. The third kappa shape index (κ3) is 5.29. The van der Waals surface area contributed by atoms with Crippen molar-refractivity contribution in [2.24, 2.45) is 4.99 Å². The Labute approximate surface area is 165 Å². The maximum Gasteiger partial charge on any atom is 0.288 e. The van der Waals surface area contributed by atoms with Crippen molar-refractivity contribution in [1.82, 2.24) is 4.72 Å². The minimum Gasteiger partial charge on any atom is -0.322 e. The number of amides is 1. The maximum absolute atomic E-state index is 12.5. The smallest absolute Gasteiger partial charge is 0.288 e. The van der Waals surface area contributed by atoms with Crippen LogP contribution in [0, 0.1) is 0 Å². The topological polar surface area (TPSA) is 87.6 Å². The average Bonchev–Trinajstić information content (AvgIpc) is 3.14. The minimum absolute atomic E-state index is 0.00332. The highest BCUT2D eigenvalue weighted by Gasteiger charge is 2.19. The lowest BCUT2D eigenvalue weighted by Crippen LogP contribution is -2.29. The van der Waals surface area contributed by atoms with Gasteiger partial charge in [0.1, 0.15) is 5.84 Å². The van der Waals surface area contributed by atoms with Gasteiger partial charge >= 0.3 is 0 Å². The van der Waals surface area contributed by atoms with Crippen molar-refractivity contribution < 1.29 is 22.0 Å². The number of hydrogen-bond acceptors (Lipinski definition) is 5. The lowest BCUT2D eigenvalue weighted by molar-refractivity contribution is 0.102. The molecule has 1 aliphatic heterocycles. The van der Waals surface area contributed by atoms with Gasteiger partial charge in [0.25, 0.3) is 21.7 Å². The first kappa shape index (κ1) is 20.3. The summed E-state index contributed by atoms with van der Waals surface area (Å²) >= 11 is 0.392. The number of sulfonamides is 1. The van der Waals surface area contributed by atoms with Crippen LogP contribution in [-0.4, -0.2) is 32.5 Å². The maximum atomic E-state index is 12.5. The second-order valence-electron chi connectivity index (χ2n) is 5.92. The molecule has 0 atom stereocenters. The van der Waals surface area contributed by atoms with E-state index >= 15 is 0 Å².